The summed E-state index contributed by atoms with van der Waals surface area (Å²) < 4.78 is 28.3. The van der Waals surface area contributed by atoms with Gasteiger partial charge in [-0.2, -0.15) is 5.26 Å². The number of fused-ring (bicyclic) bond motifs is 1. The van der Waals surface area contributed by atoms with Crippen molar-refractivity contribution in [3.8, 4) is 6.07 Å². The molecule has 3 N–H and O–H groups in total. The molecule has 9 heteroatoms. The third-order valence-electron chi connectivity index (χ3n) is 5.44. The summed E-state index contributed by atoms with van der Waals surface area (Å²) in [4.78, 5) is 32.6. The van der Waals surface area contributed by atoms with E-state index in [4.69, 9.17) is 11.0 Å². The van der Waals surface area contributed by atoms with Crippen molar-refractivity contribution in [3.63, 3.8) is 0 Å². The van der Waals surface area contributed by atoms with Gasteiger partial charge in [-0.1, -0.05) is 13.8 Å². The second-order valence-corrected chi connectivity index (χ2v) is 8.39. The monoisotopic (exact) mass is 465 g/mol. The first-order valence-corrected chi connectivity index (χ1v) is 10.7. The Bertz CT molecular complexity index is 1220. The predicted molar refractivity (Wildman–Crippen MR) is 125 cm³/mol. The SMILES string of the molecule is CN=CC(=CN)[C@H]1[C@H](C(=O)Nc2cc(F)cc(C#N)c2)c2cc(F)ccc2C(=O)N1CC(C)C. The van der Waals surface area contributed by atoms with Crippen molar-refractivity contribution in [1.29, 1.82) is 5.26 Å². The van der Waals surface area contributed by atoms with E-state index in [9.17, 15) is 18.4 Å². The second kappa shape index (κ2) is 10.3. The topological polar surface area (TPSA) is 112 Å². The lowest BCUT2D eigenvalue weighted by Crippen LogP contribution is -2.53. The number of amides is 2. The molecule has 0 aromatic heterocycles. The van der Waals surface area contributed by atoms with E-state index >= 15 is 0 Å². The molecule has 0 radical (unpaired) electrons. The molecule has 2 aromatic rings. The Morgan fingerprint density at radius 2 is 2.00 bits per heavy atom. The van der Waals surface area contributed by atoms with E-state index in [1.807, 2.05) is 19.9 Å². The van der Waals surface area contributed by atoms with Crippen molar-refractivity contribution in [1.82, 2.24) is 4.90 Å². The number of halogens is 2. The maximum absolute atomic E-state index is 14.3. The van der Waals surface area contributed by atoms with Crippen LogP contribution in [0.3, 0.4) is 0 Å². The zero-order valence-electron chi connectivity index (χ0n) is 19.0. The standard InChI is InChI=1S/C25H25F2N5O2/c1-14(2)13-32-23(16(11-29)12-30-3)22(21-9-17(26)4-5-20(21)25(32)34)24(33)31-19-7-15(10-28)6-18(27)8-19/h4-9,11-12,14,22-23H,13,29H2,1-3H3,(H,31,33)/t22-,23+/m1/s1. The van der Waals surface area contributed by atoms with Gasteiger partial charge in [0.25, 0.3) is 5.91 Å². The number of nitrogens with two attached hydrogens (primary N) is 1. The first-order valence-electron chi connectivity index (χ1n) is 10.7. The van der Waals surface area contributed by atoms with E-state index in [2.05, 4.69) is 10.3 Å². The van der Waals surface area contributed by atoms with Crippen LogP contribution >= 0.6 is 0 Å². The van der Waals surface area contributed by atoms with Gasteiger partial charge in [0.05, 0.1) is 23.6 Å². The Balaban J connectivity index is 2.20. The zero-order valence-corrected chi connectivity index (χ0v) is 19.0. The number of hydrogen-bond acceptors (Lipinski definition) is 5. The highest BCUT2D eigenvalue weighted by Crippen LogP contribution is 2.38. The van der Waals surface area contributed by atoms with E-state index in [-0.39, 0.29) is 34.2 Å². The number of carbonyl (C=O) groups excluding carboxylic acids is 2. The van der Waals surface area contributed by atoms with E-state index in [1.54, 1.807) is 0 Å². The maximum Gasteiger partial charge on any atom is 0.254 e. The van der Waals surface area contributed by atoms with Crippen LogP contribution in [0.1, 0.15) is 41.3 Å². The molecule has 7 nitrogen and oxygen atoms in total. The van der Waals surface area contributed by atoms with Gasteiger partial charge in [-0.3, -0.25) is 14.6 Å². The molecule has 1 aliphatic rings. The van der Waals surface area contributed by atoms with Crippen LogP contribution in [0.15, 0.2) is 53.2 Å². The van der Waals surface area contributed by atoms with Gasteiger partial charge in [0.2, 0.25) is 5.91 Å². The van der Waals surface area contributed by atoms with Crippen molar-refractivity contribution in [3.05, 3.63) is 76.5 Å². The first-order chi connectivity index (χ1) is 16.2. The normalized spacial score (nSPS) is 18.2. The lowest BCUT2D eigenvalue weighted by Gasteiger charge is -2.42. The van der Waals surface area contributed by atoms with Crippen LogP contribution < -0.4 is 11.1 Å². The van der Waals surface area contributed by atoms with Crippen molar-refractivity contribution >= 4 is 23.7 Å². The molecule has 0 unspecified atom stereocenters. The number of carbonyl (C=O) groups is 2. The maximum atomic E-state index is 14.3. The molecule has 2 atom stereocenters. The van der Waals surface area contributed by atoms with Gasteiger partial charge in [0, 0.05) is 42.8 Å². The van der Waals surface area contributed by atoms with Gasteiger partial charge in [-0.15, -0.1) is 0 Å². The van der Waals surface area contributed by atoms with Crippen molar-refractivity contribution in [2.45, 2.75) is 25.8 Å². The van der Waals surface area contributed by atoms with Crippen LogP contribution in [-0.2, 0) is 4.79 Å². The Labute approximate surface area is 196 Å². The minimum absolute atomic E-state index is 0.0270. The fraction of sp³-hybridized carbons (Fsp3) is 0.280. The molecule has 1 aliphatic heterocycles. The molecule has 1 heterocycles. The smallest absolute Gasteiger partial charge is 0.254 e. The van der Waals surface area contributed by atoms with Crippen LogP contribution in [0.2, 0.25) is 0 Å². The Morgan fingerprint density at radius 1 is 1.26 bits per heavy atom. The molecule has 34 heavy (non-hydrogen) atoms. The van der Waals surface area contributed by atoms with E-state index in [0.29, 0.717) is 12.1 Å². The van der Waals surface area contributed by atoms with Gasteiger partial charge in [0.15, 0.2) is 0 Å². The zero-order chi connectivity index (χ0) is 25.0. The Hall–Kier alpha value is -4.06. The lowest BCUT2D eigenvalue weighted by atomic mass is 9.78. The summed E-state index contributed by atoms with van der Waals surface area (Å²) in [5, 5.41) is 11.8. The van der Waals surface area contributed by atoms with E-state index in [1.165, 1.54) is 42.6 Å². The molecule has 0 aliphatic carbocycles. The molecular weight excluding hydrogens is 440 g/mol. The summed E-state index contributed by atoms with van der Waals surface area (Å²) in [6.07, 6.45) is 2.71. The van der Waals surface area contributed by atoms with Crippen molar-refractivity contribution in [2.75, 3.05) is 18.9 Å². The van der Waals surface area contributed by atoms with Gasteiger partial charge < -0.3 is 16.0 Å². The molecule has 176 valence electrons. The number of aliphatic imine (C=N–C) groups is 1. The third-order valence-corrected chi connectivity index (χ3v) is 5.44. The highest BCUT2D eigenvalue weighted by molar-refractivity contribution is 6.06. The molecular formula is C25H25F2N5O2. The highest BCUT2D eigenvalue weighted by atomic mass is 19.1. The number of nitrogens with zero attached hydrogens (tertiary/aromatic N) is 3. The molecule has 2 aromatic carbocycles. The van der Waals surface area contributed by atoms with Gasteiger partial charge in [-0.25, -0.2) is 8.78 Å². The van der Waals surface area contributed by atoms with Crippen LogP contribution in [0.5, 0.6) is 0 Å². The highest BCUT2D eigenvalue weighted by Gasteiger charge is 2.45. The summed E-state index contributed by atoms with van der Waals surface area (Å²) in [6, 6.07) is 8.07. The van der Waals surface area contributed by atoms with Gasteiger partial charge >= 0.3 is 0 Å². The average molecular weight is 466 g/mol. The summed E-state index contributed by atoms with van der Waals surface area (Å²) in [6.45, 7) is 4.16. The third kappa shape index (κ3) is 4.96. The second-order valence-electron chi connectivity index (χ2n) is 8.39. The number of nitriles is 1. The molecule has 0 saturated carbocycles. The molecule has 0 spiro atoms. The van der Waals surface area contributed by atoms with Crippen molar-refractivity contribution in [2.24, 2.45) is 16.6 Å². The predicted octanol–water partition coefficient (Wildman–Crippen LogP) is 3.58. The fourth-order valence-corrected chi connectivity index (χ4v) is 4.18. The largest absolute Gasteiger partial charge is 0.404 e. The summed E-state index contributed by atoms with van der Waals surface area (Å²) in [5.74, 6) is -3.31. The molecule has 0 bridgehead atoms. The molecule has 0 fully saturated rings. The summed E-state index contributed by atoms with van der Waals surface area (Å²) in [5.41, 5.74) is 6.73. The number of hydrogen-bond donors (Lipinski definition) is 2. The first kappa shape index (κ1) is 24.6. The molecule has 2 amide bonds. The van der Waals surface area contributed by atoms with E-state index in [0.717, 1.165) is 18.2 Å². The van der Waals surface area contributed by atoms with Gasteiger partial charge in [-0.05, 0) is 47.9 Å². The molecule has 3 rings (SSSR count). The Morgan fingerprint density at radius 3 is 2.62 bits per heavy atom. The number of benzene rings is 2. The van der Waals surface area contributed by atoms with Crippen LogP contribution in [-0.4, -0.2) is 42.6 Å². The minimum atomic E-state index is -1.08. The lowest BCUT2D eigenvalue weighted by molar-refractivity contribution is -0.118. The number of nitrogens with one attached hydrogen (secondary N) is 1. The van der Waals surface area contributed by atoms with Crippen LogP contribution in [0.4, 0.5) is 14.5 Å². The summed E-state index contributed by atoms with van der Waals surface area (Å²) >= 11 is 0. The van der Waals surface area contributed by atoms with Crippen LogP contribution in [0.25, 0.3) is 0 Å². The fourth-order valence-electron chi connectivity index (χ4n) is 4.18. The average Bonchev–Trinajstić information content (AvgIpc) is 2.78. The summed E-state index contributed by atoms with van der Waals surface area (Å²) in [7, 11) is 1.53. The van der Waals surface area contributed by atoms with Crippen LogP contribution in [0, 0.1) is 28.9 Å². The van der Waals surface area contributed by atoms with Crippen molar-refractivity contribution < 1.29 is 18.4 Å². The quantitative estimate of drug-likeness (QED) is 0.635. The number of rotatable bonds is 6. The molecule has 0 saturated heterocycles. The number of anilines is 1. The van der Waals surface area contributed by atoms with E-state index < -0.39 is 29.5 Å². The minimum Gasteiger partial charge on any atom is -0.404 e. The van der Waals surface area contributed by atoms with Gasteiger partial charge in [0.1, 0.15) is 11.6 Å². The Kier molecular flexibility index (Phi) is 7.41.